The Morgan fingerprint density at radius 1 is 1.45 bits per heavy atom. The van der Waals surface area contributed by atoms with Crippen molar-refractivity contribution in [3.63, 3.8) is 0 Å². The molecule has 122 valence electrons. The summed E-state index contributed by atoms with van der Waals surface area (Å²) in [6.45, 7) is 0.105. The molecule has 1 fully saturated rings. The van der Waals surface area contributed by atoms with Gasteiger partial charge in [-0.25, -0.2) is 4.39 Å². The number of nitro groups is 1. The molecule has 0 bridgehead atoms. The molecule has 2 unspecified atom stereocenters. The van der Waals surface area contributed by atoms with E-state index < -0.39 is 33.9 Å². The third kappa shape index (κ3) is 3.69. The maximum atomic E-state index is 13.7. The Hall–Kier alpha value is -1.80. The van der Waals surface area contributed by atoms with Crippen LogP contribution in [0.25, 0.3) is 0 Å². The van der Waals surface area contributed by atoms with Crippen LogP contribution < -0.4 is 4.74 Å². The third-order valence-electron chi connectivity index (χ3n) is 3.64. The largest absolute Gasteiger partial charge is 0.484 e. The summed E-state index contributed by atoms with van der Waals surface area (Å²) in [5.74, 6) is -3.84. The van der Waals surface area contributed by atoms with Crippen LogP contribution in [0.4, 0.5) is 14.5 Å². The molecule has 1 aromatic rings. The number of nitro benzene ring substituents is 1. The Kier molecular flexibility index (Phi) is 5.62. The van der Waals surface area contributed by atoms with Crippen molar-refractivity contribution in [1.82, 2.24) is 0 Å². The van der Waals surface area contributed by atoms with Crippen LogP contribution in [0.15, 0.2) is 12.1 Å². The van der Waals surface area contributed by atoms with Gasteiger partial charge in [-0.05, 0) is 25.3 Å². The topological polar surface area (TPSA) is 81.8 Å². The minimum absolute atomic E-state index is 0.192. The minimum atomic E-state index is -1.41. The molecular formula is C14H17F2NO5. The Morgan fingerprint density at radius 3 is 2.82 bits per heavy atom. The average Bonchev–Trinajstić information content (AvgIpc) is 2.52. The predicted molar refractivity (Wildman–Crippen MR) is 72.7 cm³/mol. The summed E-state index contributed by atoms with van der Waals surface area (Å²) >= 11 is 0. The van der Waals surface area contributed by atoms with Gasteiger partial charge in [-0.3, -0.25) is 10.1 Å². The van der Waals surface area contributed by atoms with Crippen molar-refractivity contribution >= 4 is 5.69 Å². The van der Waals surface area contributed by atoms with Gasteiger partial charge in [0.1, 0.15) is 0 Å². The average molecular weight is 317 g/mol. The van der Waals surface area contributed by atoms with Crippen LogP contribution in [0.3, 0.4) is 0 Å². The number of benzene rings is 1. The fourth-order valence-corrected chi connectivity index (χ4v) is 2.41. The highest BCUT2D eigenvalue weighted by atomic mass is 19.2. The molecule has 0 aliphatic carbocycles. The highest BCUT2D eigenvalue weighted by Gasteiger charge is 2.28. The van der Waals surface area contributed by atoms with Crippen LogP contribution in [0, 0.1) is 27.7 Å². The smallest absolute Gasteiger partial charge is 0.314 e. The van der Waals surface area contributed by atoms with Gasteiger partial charge in [0.15, 0.2) is 5.82 Å². The van der Waals surface area contributed by atoms with Crippen LogP contribution in [-0.2, 0) is 4.74 Å². The molecule has 1 saturated heterocycles. The van der Waals surface area contributed by atoms with Gasteiger partial charge in [0.05, 0.1) is 24.2 Å². The Labute approximate surface area is 125 Å². The van der Waals surface area contributed by atoms with E-state index in [1.165, 1.54) is 0 Å². The highest BCUT2D eigenvalue weighted by Crippen LogP contribution is 2.32. The minimum Gasteiger partial charge on any atom is -0.484 e. The Morgan fingerprint density at radius 2 is 2.23 bits per heavy atom. The molecule has 1 N–H and O–H groups in total. The van der Waals surface area contributed by atoms with Gasteiger partial charge in [-0.1, -0.05) is 0 Å². The first-order valence-corrected chi connectivity index (χ1v) is 7.02. The lowest BCUT2D eigenvalue weighted by atomic mass is 9.97. The molecule has 0 saturated carbocycles. The van der Waals surface area contributed by atoms with Crippen molar-refractivity contribution in [2.24, 2.45) is 5.92 Å². The summed E-state index contributed by atoms with van der Waals surface area (Å²) < 4.78 is 37.6. The van der Waals surface area contributed by atoms with Crippen molar-refractivity contribution < 1.29 is 28.3 Å². The van der Waals surface area contributed by atoms with Crippen LogP contribution >= 0.6 is 0 Å². The number of aliphatic hydroxyl groups is 1. The van der Waals surface area contributed by atoms with Crippen molar-refractivity contribution in [3.05, 3.63) is 33.9 Å². The van der Waals surface area contributed by atoms with E-state index in [9.17, 15) is 24.0 Å². The lowest BCUT2D eigenvalue weighted by Crippen LogP contribution is -2.34. The van der Waals surface area contributed by atoms with Gasteiger partial charge in [-0.2, -0.15) is 4.39 Å². The molecule has 2 rings (SSSR count). The second kappa shape index (κ2) is 7.46. The summed E-state index contributed by atoms with van der Waals surface area (Å²) in [6, 6.07) is 1.52. The molecule has 0 radical (unpaired) electrons. The zero-order chi connectivity index (χ0) is 16.1. The van der Waals surface area contributed by atoms with E-state index in [0.29, 0.717) is 12.7 Å². The van der Waals surface area contributed by atoms with E-state index in [1.54, 1.807) is 0 Å². The second-order valence-electron chi connectivity index (χ2n) is 5.13. The monoisotopic (exact) mass is 317 g/mol. The molecule has 1 aromatic carbocycles. The number of hydrogen-bond donors (Lipinski definition) is 1. The number of halogens is 2. The van der Waals surface area contributed by atoms with Gasteiger partial charge in [-0.15, -0.1) is 0 Å². The van der Waals surface area contributed by atoms with Gasteiger partial charge in [0.2, 0.25) is 11.6 Å². The SMILES string of the molecule is O=[N+]([O-])c1ccc(F)c(F)c1OCC(CO)C1CCCCO1. The lowest BCUT2D eigenvalue weighted by Gasteiger charge is -2.29. The summed E-state index contributed by atoms with van der Waals surface area (Å²) in [7, 11) is 0. The van der Waals surface area contributed by atoms with Gasteiger partial charge in [0.25, 0.3) is 0 Å². The van der Waals surface area contributed by atoms with E-state index in [1.807, 2.05) is 0 Å². The molecule has 1 heterocycles. The standard InChI is InChI=1S/C14H17F2NO5/c15-10-4-5-11(17(19)20)14(13(10)16)22-8-9(7-18)12-3-1-2-6-21-12/h4-5,9,12,18H,1-3,6-8H2. The van der Waals surface area contributed by atoms with Crippen LogP contribution in [-0.4, -0.2) is 36.0 Å². The van der Waals surface area contributed by atoms with E-state index in [4.69, 9.17) is 9.47 Å². The van der Waals surface area contributed by atoms with Crippen molar-refractivity contribution in [1.29, 1.82) is 0 Å². The fraction of sp³-hybridized carbons (Fsp3) is 0.571. The normalized spacial score (nSPS) is 19.7. The summed E-state index contributed by atoms with van der Waals surface area (Å²) in [5.41, 5.74) is -0.653. The van der Waals surface area contributed by atoms with Gasteiger partial charge >= 0.3 is 5.69 Å². The highest BCUT2D eigenvalue weighted by molar-refractivity contribution is 5.47. The second-order valence-corrected chi connectivity index (χ2v) is 5.13. The van der Waals surface area contributed by atoms with Gasteiger partial charge < -0.3 is 14.6 Å². The quantitative estimate of drug-likeness (QED) is 0.643. The maximum absolute atomic E-state index is 13.7. The molecule has 0 aromatic heterocycles. The number of rotatable bonds is 6. The fourth-order valence-electron chi connectivity index (χ4n) is 2.41. The zero-order valence-electron chi connectivity index (χ0n) is 11.8. The van der Waals surface area contributed by atoms with Crippen molar-refractivity contribution in [3.8, 4) is 5.75 Å². The first kappa shape index (κ1) is 16.6. The lowest BCUT2D eigenvalue weighted by molar-refractivity contribution is -0.386. The molecule has 1 aliphatic rings. The van der Waals surface area contributed by atoms with E-state index in [0.717, 1.165) is 25.3 Å². The maximum Gasteiger partial charge on any atom is 0.314 e. The molecule has 6 nitrogen and oxygen atoms in total. The van der Waals surface area contributed by atoms with E-state index >= 15 is 0 Å². The number of aliphatic hydroxyl groups excluding tert-OH is 1. The van der Waals surface area contributed by atoms with Crippen LogP contribution in [0.1, 0.15) is 19.3 Å². The summed E-state index contributed by atoms with van der Waals surface area (Å²) in [5, 5.41) is 20.3. The Bertz CT molecular complexity index is 534. The zero-order valence-corrected chi connectivity index (χ0v) is 11.8. The first-order valence-electron chi connectivity index (χ1n) is 7.02. The third-order valence-corrected chi connectivity index (χ3v) is 3.64. The Balaban J connectivity index is 2.12. The molecule has 0 amide bonds. The number of hydrogen-bond acceptors (Lipinski definition) is 5. The van der Waals surface area contributed by atoms with Crippen molar-refractivity contribution in [2.45, 2.75) is 25.4 Å². The van der Waals surface area contributed by atoms with Crippen LogP contribution in [0.2, 0.25) is 0 Å². The first-order chi connectivity index (χ1) is 10.5. The molecule has 1 aliphatic heterocycles. The predicted octanol–water partition coefficient (Wildman–Crippen LogP) is 2.43. The van der Waals surface area contributed by atoms with Crippen LogP contribution in [0.5, 0.6) is 5.75 Å². The van der Waals surface area contributed by atoms with Gasteiger partial charge in [0, 0.05) is 18.6 Å². The summed E-state index contributed by atoms with van der Waals surface area (Å²) in [4.78, 5) is 10.0. The number of nitrogens with zero attached hydrogens (tertiary/aromatic N) is 1. The van der Waals surface area contributed by atoms with Crippen molar-refractivity contribution in [2.75, 3.05) is 19.8 Å². The summed E-state index contributed by atoms with van der Waals surface area (Å²) in [6.07, 6.45) is 2.34. The van der Waals surface area contributed by atoms with E-state index in [-0.39, 0.29) is 19.3 Å². The van der Waals surface area contributed by atoms with E-state index in [2.05, 4.69) is 0 Å². The molecule has 22 heavy (non-hydrogen) atoms. The molecular weight excluding hydrogens is 300 g/mol. The molecule has 2 atom stereocenters. The molecule has 8 heteroatoms. The molecule has 0 spiro atoms. The number of ether oxygens (including phenoxy) is 2.